The summed E-state index contributed by atoms with van der Waals surface area (Å²) in [6.07, 6.45) is 1.70. The zero-order valence-electron chi connectivity index (χ0n) is 10.4. The number of likely N-dealkylation sites (N-methyl/N-ethyl adjacent to an activating group) is 1. The quantitative estimate of drug-likeness (QED) is 0.854. The van der Waals surface area contributed by atoms with Gasteiger partial charge in [-0.2, -0.15) is 0 Å². The molecule has 0 bridgehead atoms. The molecule has 0 aliphatic heterocycles. The van der Waals surface area contributed by atoms with E-state index in [-0.39, 0.29) is 12.5 Å². The van der Waals surface area contributed by atoms with E-state index in [0.717, 1.165) is 16.5 Å². The lowest BCUT2D eigenvalue weighted by molar-refractivity contribution is -0.118. The Hall–Kier alpha value is -2.30. The number of anilines is 1. The van der Waals surface area contributed by atoms with Crippen molar-refractivity contribution in [3.8, 4) is 5.75 Å². The third-order valence-electron chi connectivity index (χ3n) is 2.67. The highest BCUT2D eigenvalue weighted by molar-refractivity contribution is 5.93. The minimum atomic E-state index is -0.0812. The third-order valence-corrected chi connectivity index (χ3v) is 2.67. The van der Waals surface area contributed by atoms with Crippen molar-refractivity contribution in [3.63, 3.8) is 0 Å². The highest BCUT2D eigenvalue weighted by atomic mass is 16.5. The summed E-state index contributed by atoms with van der Waals surface area (Å²) in [5, 5.41) is 7.54. The van der Waals surface area contributed by atoms with Gasteiger partial charge in [-0.05, 0) is 29.7 Å². The van der Waals surface area contributed by atoms with E-state index in [9.17, 15) is 4.79 Å². The number of hydrogen-bond acceptors (Lipinski definition) is 4. The summed E-state index contributed by atoms with van der Waals surface area (Å²) in [5.74, 6) is 1.41. The van der Waals surface area contributed by atoms with E-state index in [2.05, 4.69) is 15.6 Å². The summed E-state index contributed by atoms with van der Waals surface area (Å²) in [4.78, 5) is 15.4. The topological polar surface area (TPSA) is 63.2 Å². The Balaban J connectivity index is 2.30. The fourth-order valence-corrected chi connectivity index (χ4v) is 1.68. The van der Waals surface area contributed by atoms with Crippen LogP contribution >= 0.6 is 0 Å². The van der Waals surface area contributed by atoms with Crippen LogP contribution in [0.3, 0.4) is 0 Å². The van der Waals surface area contributed by atoms with Crippen LogP contribution in [0.2, 0.25) is 0 Å². The number of fused-ring (bicyclic) bond motifs is 1. The summed E-state index contributed by atoms with van der Waals surface area (Å²) in [5.41, 5.74) is 0. The number of nitrogens with zero attached hydrogens (tertiary/aromatic N) is 1. The molecule has 1 amide bonds. The number of carbonyl (C=O) groups is 1. The van der Waals surface area contributed by atoms with E-state index in [0.29, 0.717) is 5.82 Å². The molecule has 2 rings (SSSR count). The van der Waals surface area contributed by atoms with Crippen LogP contribution in [0, 0.1) is 0 Å². The molecule has 0 aliphatic rings. The summed E-state index contributed by atoms with van der Waals surface area (Å²) in [6, 6.07) is 7.63. The van der Waals surface area contributed by atoms with Crippen molar-refractivity contribution in [1.82, 2.24) is 10.3 Å². The Kier molecular flexibility index (Phi) is 3.62. The monoisotopic (exact) mass is 245 g/mol. The maximum Gasteiger partial charge on any atom is 0.239 e. The Morgan fingerprint density at radius 2 is 2.22 bits per heavy atom. The molecule has 2 N–H and O–H groups in total. The molecule has 18 heavy (non-hydrogen) atoms. The van der Waals surface area contributed by atoms with Crippen molar-refractivity contribution in [2.24, 2.45) is 0 Å². The highest BCUT2D eigenvalue weighted by Crippen LogP contribution is 2.24. The second-order valence-electron chi connectivity index (χ2n) is 3.77. The number of benzene rings is 1. The van der Waals surface area contributed by atoms with Crippen LogP contribution in [-0.2, 0) is 4.79 Å². The van der Waals surface area contributed by atoms with Gasteiger partial charge in [-0.25, -0.2) is 4.98 Å². The summed E-state index contributed by atoms with van der Waals surface area (Å²) in [6.45, 7) is 0.203. The molecule has 0 saturated carbocycles. The van der Waals surface area contributed by atoms with Crippen LogP contribution in [0.1, 0.15) is 0 Å². The molecule has 0 unspecified atom stereocenters. The lowest BCUT2D eigenvalue weighted by Gasteiger charge is -2.09. The molecule has 2 aromatic rings. The van der Waals surface area contributed by atoms with Crippen molar-refractivity contribution in [2.75, 3.05) is 26.0 Å². The van der Waals surface area contributed by atoms with Crippen molar-refractivity contribution in [1.29, 1.82) is 0 Å². The highest BCUT2D eigenvalue weighted by Gasteiger charge is 2.04. The summed E-state index contributed by atoms with van der Waals surface area (Å²) >= 11 is 0. The van der Waals surface area contributed by atoms with Gasteiger partial charge >= 0.3 is 0 Å². The van der Waals surface area contributed by atoms with E-state index in [1.54, 1.807) is 20.4 Å². The van der Waals surface area contributed by atoms with E-state index < -0.39 is 0 Å². The molecule has 0 aliphatic carbocycles. The molecule has 1 heterocycles. The average Bonchev–Trinajstić information content (AvgIpc) is 2.43. The van der Waals surface area contributed by atoms with Crippen molar-refractivity contribution in [3.05, 3.63) is 30.5 Å². The standard InChI is InChI=1S/C13H15N3O2/c1-14-12(17)8-16-13-11-4-3-10(18-2)7-9(11)5-6-15-13/h3-7H,8H2,1-2H3,(H,14,17)(H,15,16). The fraction of sp³-hybridized carbons (Fsp3) is 0.231. The van der Waals surface area contributed by atoms with E-state index in [1.807, 2.05) is 24.3 Å². The van der Waals surface area contributed by atoms with E-state index >= 15 is 0 Å². The summed E-state index contributed by atoms with van der Waals surface area (Å²) in [7, 11) is 3.23. The van der Waals surface area contributed by atoms with Gasteiger partial charge in [0.05, 0.1) is 13.7 Å². The molecule has 1 aromatic heterocycles. The normalized spacial score (nSPS) is 10.1. The van der Waals surface area contributed by atoms with Crippen molar-refractivity contribution < 1.29 is 9.53 Å². The van der Waals surface area contributed by atoms with Crippen molar-refractivity contribution in [2.45, 2.75) is 0 Å². The van der Waals surface area contributed by atoms with Gasteiger partial charge in [-0.3, -0.25) is 4.79 Å². The molecule has 0 fully saturated rings. The van der Waals surface area contributed by atoms with E-state index in [4.69, 9.17) is 4.74 Å². The summed E-state index contributed by atoms with van der Waals surface area (Å²) < 4.78 is 5.17. The molecule has 0 saturated heterocycles. The fourth-order valence-electron chi connectivity index (χ4n) is 1.68. The third kappa shape index (κ3) is 2.51. The number of amides is 1. The predicted molar refractivity (Wildman–Crippen MR) is 70.9 cm³/mol. The Bertz CT molecular complexity index is 569. The van der Waals surface area contributed by atoms with Crippen LogP contribution in [0.25, 0.3) is 10.8 Å². The van der Waals surface area contributed by atoms with Crippen LogP contribution in [-0.4, -0.2) is 31.6 Å². The predicted octanol–water partition coefficient (Wildman–Crippen LogP) is 1.40. The Labute approximate surface area is 105 Å². The second-order valence-corrected chi connectivity index (χ2v) is 3.77. The first-order valence-electron chi connectivity index (χ1n) is 5.62. The van der Waals surface area contributed by atoms with Crippen LogP contribution in [0.15, 0.2) is 30.5 Å². The molecule has 0 radical (unpaired) electrons. The molecule has 94 valence electrons. The maximum atomic E-state index is 11.2. The first-order chi connectivity index (χ1) is 8.74. The first kappa shape index (κ1) is 12.2. The van der Waals surface area contributed by atoms with Gasteiger partial charge in [-0.15, -0.1) is 0 Å². The number of ether oxygens (including phenoxy) is 1. The number of rotatable bonds is 4. The number of pyridine rings is 1. The minimum Gasteiger partial charge on any atom is -0.497 e. The van der Waals surface area contributed by atoms with Gasteiger partial charge in [0, 0.05) is 18.6 Å². The lowest BCUT2D eigenvalue weighted by Crippen LogP contribution is -2.26. The molecule has 5 heteroatoms. The number of carbonyl (C=O) groups excluding carboxylic acids is 1. The SMILES string of the molecule is CNC(=O)CNc1nccc2cc(OC)ccc12. The molecular formula is C13H15N3O2. The number of nitrogens with one attached hydrogen (secondary N) is 2. The molecule has 5 nitrogen and oxygen atoms in total. The Morgan fingerprint density at radius 1 is 1.39 bits per heavy atom. The molecule has 1 aromatic carbocycles. The van der Waals surface area contributed by atoms with Gasteiger partial charge < -0.3 is 15.4 Å². The van der Waals surface area contributed by atoms with Gasteiger partial charge in [0.25, 0.3) is 0 Å². The number of methoxy groups -OCH3 is 1. The molecule has 0 spiro atoms. The van der Waals surface area contributed by atoms with Crippen LogP contribution < -0.4 is 15.4 Å². The average molecular weight is 245 g/mol. The largest absolute Gasteiger partial charge is 0.497 e. The van der Waals surface area contributed by atoms with Gasteiger partial charge in [-0.1, -0.05) is 0 Å². The van der Waals surface area contributed by atoms with Crippen LogP contribution in [0.5, 0.6) is 5.75 Å². The van der Waals surface area contributed by atoms with Gasteiger partial charge in [0.1, 0.15) is 11.6 Å². The Morgan fingerprint density at radius 3 is 2.94 bits per heavy atom. The number of aromatic nitrogens is 1. The van der Waals surface area contributed by atoms with Crippen LogP contribution in [0.4, 0.5) is 5.82 Å². The lowest BCUT2D eigenvalue weighted by atomic mass is 10.1. The van der Waals surface area contributed by atoms with Crippen molar-refractivity contribution >= 4 is 22.5 Å². The van der Waals surface area contributed by atoms with E-state index in [1.165, 1.54) is 0 Å². The zero-order chi connectivity index (χ0) is 13.0. The molecular weight excluding hydrogens is 230 g/mol. The van der Waals surface area contributed by atoms with Gasteiger partial charge in [0.15, 0.2) is 0 Å². The minimum absolute atomic E-state index is 0.0812. The number of hydrogen-bond donors (Lipinski definition) is 2. The maximum absolute atomic E-state index is 11.2. The van der Waals surface area contributed by atoms with Gasteiger partial charge in [0.2, 0.25) is 5.91 Å². The zero-order valence-corrected chi connectivity index (χ0v) is 10.4. The smallest absolute Gasteiger partial charge is 0.239 e. The second kappa shape index (κ2) is 5.35. The molecule has 0 atom stereocenters. The first-order valence-corrected chi connectivity index (χ1v) is 5.62.